The Kier molecular flexibility index (Phi) is 3.93. The number of benzene rings is 1. The molecule has 1 aromatic rings. The van der Waals surface area contributed by atoms with Crippen molar-refractivity contribution in [2.24, 2.45) is 11.8 Å². The van der Waals surface area contributed by atoms with E-state index < -0.39 is 5.60 Å². The van der Waals surface area contributed by atoms with Crippen molar-refractivity contribution in [1.29, 1.82) is 0 Å². The van der Waals surface area contributed by atoms with Crippen molar-refractivity contribution in [2.45, 2.75) is 57.0 Å². The number of aliphatic hydroxyl groups is 1. The zero-order chi connectivity index (χ0) is 14.0. The van der Waals surface area contributed by atoms with Crippen LogP contribution in [0.3, 0.4) is 0 Å². The number of hydrogen-bond donors (Lipinski definition) is 1. The summed E-state index contributed by atoms with van der Waals surface area (Å²) in [5.74, 6) is 0.749. The molecule has 0 unspecified atom stereocenters. The number of aryl methyl sites for hydroxylation is 1. The fraction of sp³-hybridized carbons (Fsp3) is 0.611. The highest BCUT2D eigenvalue weighted by atomic mass is 16.3. The molecule has 20 heavy (non-hydrogen) atoms. The Balaban J connectivity index is 1.71. The molecule has 0 aliphatic heterocycles. The van der Waals surface area contributed by atoms with Crippen LogP contribution in [0.2, 0.25) is 0 Å². The van der Waals surface area contributed by atoms with Crippen molar-refractivity contribution in [3.63, 3.8) is 0 Å². The second kappa shape index (κ2) is 5.69. The van der Waals surface area contributed by atoms with Gasteiger partial charge in [-0.1, -0.05) is 30.3 Å². The summed E-state index contributed by atoms with van der Waals surface area (Å²) in [7, 11) is 0. The Labute approximate surface area is 121 Å². The van der Waals surface area contributed by atoms with Crippen molar-refractivity contribution < 1.29 is 9.90 Å². The zero-order valence-electron chi connectivity index (χ0n) is 12.1. The molecule has 1 aromatic carbocycles. The first-order chi connectivity index (χ1) is 9.69. The van der Waals surface area contributed by atoms with Gasteiger partial charge in [0.1, 0.15) is 5.78 Å². The Bertz CT molecular complexity index is 468. The standard InChI is InChI=1S/C18H24O2/c19-17-10-4-9-16-15(17)8-5-12-18(16,20)13-11-14-6-2-1-3-7-14/h1-3,6-7,15-16,20H,4-5,8-13H2/t15-,16+,18-/m0/s1. The molecule has 3 atom stereocenters. The summed E-state index contributed by atoms with van der Waals surface area (Å²) in [6.07, 6.45) is 7.30. The maximum absolute atomic E-state index is 12.1. The molecule has 0 spiro atoms. The third kappa shape index (κ3) is 2.67. The van der Waals surface area contributed by atoms with Gasteiger partial charge in [-0.15, -0.1) is 0 Å². The van der Waals surface area contributed by atoms with E-state index in [9.17, 15) is 9.90 Å². The Hall–Kier alpha value is -1.15. The summed E-state index contributed by atoms with van der Waals surface area (Å²) in [6.45, 7) is 0. The molecule has 0 saturated heterocycles. The van der Waals surface area contributed by atoms with Crippen LogP contribution in [0.1, 0.15) is 50.5 Å². The number of hydrogen-bond acceptors (Lipinski definition) is 2. The summed E-state index contributed by atoms with van der Waals surface area (Å²) in [5, 5.41) is 11.1. The number of carbonyl (C=O) groups excluding carboxylic acids is 1. The molecule has 2 aliphatic rings. The molecule has 2 fully saturated rings. The fourth-order valence-corrected chi connectivity index (χ4v) is 4.24. The topological polar surface area (TPSA) is 37.3 Å². The monoisotopic (exact) mass is 272 g/mol. The molecule has 0 radical (unpaired) electrons. The second-order valence-corrected chi connectivity index (χ2v) is 6.55. The molecule has 0 amide bonds. The van der Waals surface area contributed by atoms with Gasteiger partial charge in [0.05, 0.1) is 5.60 Å². The van der Waals surface area contributed by atoms with Gasteiger partial charge in [0, 0.05) is 12.3 Å². The van der Waals surface area contributed by atoms with Crippen LogP contribution in [0.25, 0.3) is 0 Å². The SMILES string of the molecule is O=C1CCC[C@@H]2[C@@H]1CCC[C@]2(O)CCc1ccccc1. The first-order valence-corrected chi connectivity index (χ1v) is 7.98. The minimum absolute atomic E-state index is 0.137. The Morgan fingerprint density at radius 3 is 2.75 bits per heavy atom. The van der Waals surface area contributed by atoms with Gasteiger partial charge >= 0.3 is 0 Å². The van der Waals surface area contributed by atoms with Gasteiger partial charge in [0.15, 0.2) is 0 Å². The van der Waals surface area contributed by atoms with Crippen LogP contribution in [-0.4, -0.2) is 16.5 Å². The molecule has 0 aromatic heterocycles. The molecule has 3 rings (SSSR count). The molecular formula is C18H24O2. The van der Waals surface area contributed by atoms with E-state index >= 15 is 0 Å². The lowest BCUT2D eigenvalue weighted by molar-refractivity contribution is -0.142. The van der Waals surface area contributed by atoms with Gasteiger partial charge in [0.2, 0.25) is 0 Å². The van der Waals surface area contributed by atoms with Crippen LogP contribution < -0.4 is 0 Å². The predicted molar refractivity (Wildman–Crippen MR) is 79.4 cm³/mol. The van der Waals surface area contributed by atoms with Gasteiger partial charge in [-0.05, 0) is 56.4 Å². The minimum atomic E-state index is -0.616. The van der Waals surface area contributed by atoms with Crippen LogP contribution >= 0.6 is 0 Å². The van der Waals surface area contributed by atoms with Gasteiger partial charge in [-0.25, -0.2) is 0 Å². The van der Waals surface area contributed by atoms with Gasteiger partial charge < -0.3 is 5.11 Å². The molecule has 0 bridgehead atoms. The first kappa shape index (κ1) is 13.8. The molecule has 2 heteroatoms. The largest absolute Gasteiger partial charge is 0.390 e. The third-order valence-corrected chi connectivity index (χ3v) is 5.34. The molecule has 0 heterocycles. The van der Waals surface area contributed by atoms with Crippen molar-refractivity contribution in [1.82, 2.24) is 0 Å². The maximum Gasteiger partial charge on any atom is 0.136 e. The second-order valence-electron chi connectivity index (χ2n) is 6.55. The lowest BCUT2D eigenvalue weighted by Crippen LogP contribution is -2.49. The Morgan fingerprint density at radius 1 is 1.15 bits per heavy atom. The molecule has 1 N–H and O–H groups in total. The van der Waals surface area contributed by atoms with Crippen LogP contribution in [0.4, 0.5) is 0 Å². The summed E-state index contributed by atoms with van der Waals surface area (Å²) < 4.78 is 0. The number of rotatable bonds is 3. The summed E-state index contributed by atoms with van der Waals surface area (Å²) in [6, 6.07) is 10.4. The highest BCUT2D eigenvalue weighted by Gasteiger charge is 2.47. The van der Waals surface area contributed by atoms with E-state index in [4.69, 9.17) is 0 Å². The summed E-state index contributed by atoms with van der Waals surface area (Å²) >= 11 is 0. The van der Waals surface area contributed by atoms with E-state index in [0.717, 1.165) is 51.4 Å². The highest BCUT2D eigenvalue weighted by Crippen LogP contribution is 2.46. The molecular weight excluding hydrogens is 248 g/mol. The lowest BCUT2D eigenvalue weighted by atomic mass is 9.61. The third-order valence-electron chi connectivity index (χ3n) is 5.34. The van der Waals surface area contributed by atoms with Crippen LogP contribution in [0.5, 0.6) is 0 Å². The van der Waals surface area contributed by atoms with Crippen molar-refractivity contribution in [2.75, 3.05) is 0 Å². The first-order valence-electron chi connectivity index (χ1n) is 7.98. The van der Waals surface area contributed by atoms with Gasteiger partial charge in [-0.3, -0.25) is 4.79 Å². The number of carbonyl (C=O) groups is 1. The van der Waals surface area contributed by atoms with E-state index in [1.165, 1.54) is 5.56 Å². The average molecular weight is 272 g/mol. The van der Waals surface area contributed by atoms with Crippen LogP contribution in [0.15, 0.2) is 30.3 Å². The van der Waals surface area contributed by atoms with E-state index in [1.54, 1.807) is 0 Å². The molecule has 2 aliphatic carbocycles. The van der Waals surface area contributed by atoms with Crippen LogP contribution in [-0.2, 0) is 11.2 Å². The molecule has 2 nitrogen and oxygen atoms in total. The predicted octanol–water partition coefficient (Wildman–Crippen LogP) is 3.52. The van der Waals surface area contributed by atoms with Gasteiger partial charge in [0.25, 0.3) is 0 Å². The molecule has 2 saturated carbocycles. The fourth-order valence-electron chi connectivity index (χ4n) is 4.24. The highest BCUT2D eigenvalue weighted by molar-refractivity contribution is 5.82. The van der Waals surface area contributed by atoms with Gasteiger partial charge in [-0.2, -0.15) is 0 Å². The number of fused-ring (bicyclic) bond motifs is 1. The normalized spacial score (nSPS) is 33.8. The zero-order valence-corrected chi connectivity index (χ0v) is 12.1. The average Bonchev–Trinajstić information content (AvgIpc) is 2.48. The molecule has 108 valence electrons. The van der Waals surface area contributed by atoms with E-state index in [2.05, 4.69) is 12.1 Å². The minimum Gasteiger partial charge on any atom is -0.390 e. The number of ketones is 1. The van der Waals surface area contributed by atoms with Crippen molar-refractivity contribution >= 4 is 5.78 Å². The van der Waals surface area contributed by atoms with E-state index in [1.807, 2.05) is 18.2 Å². The summed E-state index contributed by atoms with van der Waals surface area (Å²) in [5.41, 5.74) is 0.666. The Morgan fingerprint density at radius 2 is 1.95 bits per heavy atom. The van der Waals surface area contributed by atoms with E-state index in [0.29, 0.717) is 5.78 Å². The van der Waals surface area contributed by atoms with Crippen molar-refractivity contribution in [3.05, 3.63) is 35.9 Å². The summed E-state index contributed by atoms with van der Waals surface area (Å²) in [4.78, 5) is 12.1. The number of Topliss-reactive ketones (excluding diaryl/α,β-unsaturated/α-hetero) is 1. The van der Waals surface area contributed by atoms with E-state index in [-0.39, 0.29) is 11.8 Å². The quantitative estimate of drug-likeness (QED) is 0.914. The smallest absolute Gasteiger partial charge is 0.136 e. The lowest BCUT2D eigenvalue weighted by Gasteiger charge is -2.46. The van der Waals surface area contributed by atoms with Crippen LogP contribution in [0, 0.1) is 11.8 Å². The van der Waals surface area contributed by atoms with Crippen molar-refractivity contribution in [3.8, 4) is 0 Å². The maximum atomic E-state index is 12.1.